The number of urea groups is 1. The third-order valence-corrected chi connectivity index (χ3v) is 6.83. The van der Waals surface area contributed by atoms with Gasteiger partial charge in [-0.05, 0) is 31.5 Å². The summed E-state index contributed by atoms with van der Waals surface area (Å²) in [7, 11) is -4.06. The van der Waals surface area contributed by atoms with Gasteiger partial charge < -0.3 is 10.2 Å². The molecule has 29 heavy (non-hydrogen) atoms. The highest BCUT2D eigenvalue weighted by atomic mass is 32.2. The Kier molecular flexibility index (Phi) is 7.93. The van der Waals surface area contributed by atoms with Gasteiger partial charge in [-0.2, -0.15) is 17.5 Å². The van der Waals surface area contributed by atoms with Crippen molar-refractivity contribution in [1.82, 2.24) is 14.5 Å². The molecule has 0 saturated carbocycles. The van der Waals surface area contributed by atoms with E-state index in [0.717, 1.165) is 48.2 Å². The summed E-state index contributed by atoms with van der Waals surface area (Å²) in [6.07, 6.45) is -0.504. The van der Waals surface area contributed by atoms with Gasteiger partial charge in [0.15, 0.2) is 0 Å². The van der Waals surface area contributed by atoms with E-state index in [0.29, 0.717) is 6.07 Å². The molecule has 1 saturated heterocycles. The minimum Gasteiger partial charge on any atom is -0.336 e. The summed E-state index contributed by atoms with van der Waals surface area (Å²) in [6.45, 7) is 4.49. The van der Waals surface area contributed by atoms with E-state index in [-0.39, 0.29) is 38.3 Å². The highest BCUT2D eigenvalue weighted by molar-refractivity contribution is 7.89. The van der Waals surface area contributed by atoms with Gasteiger partial charge in [0.25, 0.3) is 0 Å². The number of hydrogen-bond donors (Lipinski definition) is 1. The van der Waals surface area contributed by atoms with Gasteiger partial charge in [0.1, 0.15) is 0 Å². The molecule has 0 bridgehead atoms. The summed E-state index contributed by atoms with van der Waals surface area (Å²) in [6, 6.07) is 3.50. The number of nitrogens with zero attached hydrogens (tertiary/aromatic N) is 2. The summed E-state index contributed by atoms with van der Waals surface area (Å²) in [4.78, 5) is 13.5. The molecule has 1 N–H and O–H groups in total. The number of piperazine rings is 1. The van der Waals surface area contributed by atoms with Gasteiger partial charge in [0.05, 0.1) is 10.5 Å². The van der Waals surface area contributed by atoms with Crippen LogP contribution in [-0.4, -0.2) is 55.9 Å². The second-order valence-electron chi connectivity index (χ2n) is 7.26. The van der Waals surface area contributed by atoms with Gasteiger partial charge in [-0.3, -0.25) is 0 Å². The van der Waals surface area contributed by atoms with Gasteiger partial charge in [-0.1, -0.05) is 32.3 Å². The quantitative estimate of drug-likeness (QED) is 0.664. The summed E-state index contributed by atoms with van der Waals surface area (Å²) >= 11 is 0. The van der Waals surface area contributed by atoms with Gasteiger partial charge in [-0.25, -0.2) is 13.2 Å². The molecule has 0 aromatic heterocycles. The van der Waals surface area contributed by atoms with Crippen LogP contribution in [0.3, 0.4) is 0 Å². The summed E-state index contributed by atoms with van der Waals surface area (Å²) < 4.78 is 65.2. The Labute approximate surface area is 170 Å². The number of alkyl halides is 3. The predicted octanol–water partition coefficient (Wildman–Crippen LogP) is 3.69. The minimum absolute atomic E-state index is 0.0286. The normalized spacial score (nSPS) is 17.2. The molecule has 0 spiro atoms. The Bertz CT molecular complexity index is 791. The molecule has 1 unspecified atom stereocenters. The van der Waals surface area contributed by atoms with Crippen molar-refractivity contribution in [2.75, 3.05) is 26.2 Å². The van der Waals surface area contributed by atoms with Gasteiger partial charge >= 0.3 is 12.2 Å². The fraction of sp³-hybridized carbons (Fsp3) is 0.632. The third-order valence-electron chi connectivity index (χ3n) is 4.94. The van der Waals surface area contributed by atoms with Crippen molar-refractivity contribution >= 4 is 16.1 Å². The van der Waals surface area contributed by atoms with Crippen molar-refractivity contribution < 1.29 is 26.4 Å². The van der Waals surface area contributed by atoms with E-state index >= 15 is 0 Å². The highest BCUT2D eigenvalue weighted by Gasteiger charge is 2.34. The number of nitrogens with one attached hydrogen (secondary N) is 1. The maximum absolute atomic E-state index is 12.9. The number of unbranched alkanes of at least 4 members (excludes halogenated alkanes) is 2. The van der Waals surface area contributed by atoms with E-state index < -0.39 is 26.7 Å². The molecule has 6 nitrogen and oxygen atoms in total. The average Bonchev–Trinajstić information content (AvgIpc) is 2.67. The molecule has 2 amide bonds. The van der Waals surface area contributed by atoms with Crippen LogP contribution in [0.4, 0.5) is 18.0 Å². The fourth-order valence-corrected chi connectivity index (χ4v) is 4.66. The van der Waals surface area contributed by atoms with Crippen molar-refractivity contribution in [2.24, 2.45) is 0 Å². The molecule has 0 radical (unpaired) electrons. The lowest BCUT2D eigenvalue weighted by Crippen LogP contribution is -2.54. The van der Waals surface area contributed by atoms with Crippen LogP contribution in [0.25, 0.3) is 0 Å². The second-order valence-corrected chi connectivity index (χ2v) is 9.20. The number of amides is 2. The molecular weight excluding hydrogens is 407 g/mol. The number of sulfonamides is 1. The van der Waals surface area contributed by atoms with Crippen LogP contribution < -0.4 is 5.32 Å². The van der Waals surface area contributed by atoms with Crippen molar-refractivity contribution in [3.8, 4) is 0 Å². The van der Waals surface area contributed by atoms with Crippen LogP contribution in [0, 0.1) is 0 Å². The van der Waals surface area contributed by atoms with E-state index in [1.807, 2.05) is 6.92 Å². The topological polar surface area (TPSA) is 69.7 Å². The SMILES string of the molecule is CCCCCC(C)NC(=O)N1CCN(S(=O)(=O)c2cccc(C(F)(F)F)c2)CC1. The smallest absolute Gasteiger partial charge is 0.336 e. The molecule has 1 aromatic rings. The maximum Gasteiger partial charge on any atom is 0.416 e. The summed E-state index contributed by atoms with van der Waals surface area (Å²) in [5, 5.41) is 2.91. The molecule has 2 rings (SSSR count). The average molecular weight is 436 g/mol. The first kappa shape index (κ1) is 23.5. The van der Waals surface area contributed by atoms with E-state index in [1.165, 1.54) is 4.90 Å². The second kappa shape index (κ2) is 9.80. The molecule has 1 aromatic carbocycles. The van der Waals surface area contributed by atoms with E-state index in [2.05, 4.69) is 12.2 Å². The lowest BCUT2D eigenvalue weighted by atomic mass is 10.1. The van der Waals surface area contributed by atoms with Crippen molar-refractivity contribution in [2.45, 2.75) is 56.6 Å². The first-order valence-electron chi connectivity index (χ1n) is 9.78. The van der Waals surface area contributed by atoms with E-state index in [9.17, 15) is 26.4 Å². The summed E-state index contributed by atoms with van der Waals surface area (Å²) in [5.41, 5.74) is -1.01. The first-order chi connectivity index (χ1) is 13.6. The van der Waals surface area contributed by atoms with E-state index in [4.69, 9.17) is 0 Å². The zero-order chi connectivity index (χ0) is 21.7. The zero-order valence-electron chi connectivity index (χ0n) is 16.7. The van der Waals surface area contributed by atoms with Crippen LogP contribution in [0.1, 0.15) is 45.1 Å². The fourth-order valence-electron chi connectivity index (χ4n) is 3.19. The molecule has 0 aliphatic carbocycles. The number of halogens is 3. The van der Waals surface area contributed by atoms with Gasteiger partial charge in [0.2, 0.25) is 10.0 Å². The molecule has 1 aliphatic rings. The minimum atomic E-state index is -4.61. The van der Waals surface area contributed by atoms with Crippen LogP contribution in [0.5, 0.6) is 0 Å². The van der Waals surface area contributed by atoms with Crippen molar-refractivity contribution in [1.29, 1.82) is 0 Å². The Hall–Kier alpha value is -1.81. The molecule has 10 heteroatoms. The lowest BCUT2D eigenvalue weighted by Gasteiger charge is -2.34. The monoisotopic (exact) mass is 435 g/mol. The lowest BCUT2D eigenvalue weighted by molar-refractivity contribution is -0.137. The predicted molar refractivity (Wildman–Crippen MR) is 104 cm³/mol. The Morgan fingerprint density at radius 2 is 1.83 bits per heavy atom. The molecular formula is C19H28F3N3O3S. The molecule has 1 fully saturated rings. The number of hydrogen-bond acceptors (Lipinski definition) is 3. The number of carbonyl (C=O) groups is 1. The van der Waals surface area contributed by atoms with Crippen LogP contribution >= 0.6 is 0 Å². The van der Waals surface area contributed by atoms with Gasteiger partial charge in [-0.15, -0.1) is 0 Å². The maximum atomic E-state index is 12.9. The molecule has 1 aliphatic heterocycles. The molecule has 164 valence electrons. The highest BCUT2D eigenvalue weighted by Crippen LogP contribution is 2.31. The van der Waals surface area contributed by atoms with Crippen molar-refractivity contribution in [3.63, 3.8) is 0 Å². The number of carbonyl (C=O) groups excluding carboxylic acids is 1. The van der Waals surface area contributed by atoms with Crippen molar-refractivity contribution in [3.05, 3.63) is 29.8 Å². The number of benzene rings is 1. The van der Waals surface area contributed by atoms with Gasteiger partial charge in [0, 0.05) is 32.2 Å². The first-order valence-corrected chi connectivity index (χ1v) is 11.2. The summed E-state index contributed by atoms with van der Waals surface area (Å²) in [5.74, 6) is 0. The largest absolute Gasteiger partial charge is 0.416 e. The van der Waals surface area contributed by atoms with E-state index in [1.54, 1.807) is 0 Å². The third kappa shape index (κ3) is 6.33. The molecule has 1 atom stereocenters. The Morgan fingerprint density at radius 3 is 2.41 bits per heavy atom. The van der Waals surface area contributed by atoms with Crippen LogP contribution in [-0.2, 0) is 16.2 Å². The Morgan fingerprint density at radius 1 is 1.17 bits per heavy atom. The van der Waals surface area contributed by atoms with Crippen LogP contribution in [0.2, 0.25) is 0 Å². The zero-order valence-corrected chi connectivity index (χ0v) is 17.5. The Balaban J connectivity index is 1.95. The van der Waals surface area contributed by atoms with Crippen LogP contribution in [0.15, 0.2) is 29.2 Å². The standard InChI is InChI=1S/C19H28F3N3O3S/c1-3-4-5-7-15(2)23-18(26)24-10-12-25(13-11-24)29(27,28)17-9-6-8-16(14-17)19(20,21)22/h6,8-9,14-15H,3-5,7,10-13H2,1-2H3,(H,23,26). The number of rotatable bonds is 7. The molecule has 1 heterocycles.